The Hall–Kier alpha value is -4.68. The topological polar surface area (TPSA) is 100 Å². The van der Waals surface area contributed by atoms with E-state index < -0.39 is 11.8 Å². The second-order valence-electron chi connectivity index (χ2n) is 13.7. The smallest absolute Gasteiger partial charge is 0.343 e. The maximum Gasteiger partial charge on any atom is 0.343 e. The fourth-order valence-electron chi connectivity index (χ4n) is 5.57. The Bertz CT molecular complexity index is 1760. The molecule has 51 heavy (non-hydrogen) atoms. The Morgan fingerprint density at radius 1 is 0.647 bits per heavy atom. The van der Waals surface area contributed by atoms with E-state index in [0.717, 1.165) is 22.3 Å². The van der Waals surface area contributed by atoms with Gasteiger partial charge in [-0.2, -0.15) is 0 Å². The van der Waals surface area contributed by atoms with Crippen molar-refractivity contribution in [1.82, 2.24) is 0 Å². The number of rotatable bonds is 17. The molecule has 4 aromatic rings. The zero-order chi connectivity index (χ0) is 35.8. The van der Waals surface area contributed by atoms with E-state index in [1.54, 1.807) is 30.3 Å². The number of aryl methyl sites for hydroxylation is 2. The molecule has 2 saturated heterocycles. The Labute approximate surface area is 297 Å². The van der Waals surface area contributed by atoms with Gasteiger partial charge >= 0.3 is 5.97 Å². The zero-order valence-electron chi connectivity index (χ0n) is 29.3. The van der Waals surface area contributed by atoms with Crippen LogP contribution in [0.1, 0.15) is 35.3 Å². The lowest BCUT2D eigenvalue weighted by Gasteiger charge is -2.37. The number of halogens is 1. The first-order chi connectivity index (χ1) is 24.6. The summed E-state index contributed by atoms with van der Waals surface area (Å²) in [7, 11) is 0. The Kier molecular flexibility index (Phi) is 11.4. The van der Waals surface area contributed by atoms with Gasteiger partial charge in [-0.15, -0.1) is 0 Å². The van der Waals surface area contributed by atoms with Crippen LogP contribution < -0.4 is 23.7 Å². The largest absolute Gasteiger partial charge is 0.468 e. The average Bonchev–Trinajstić information content (AvgIpc) is 3.09. The van der Waals surface area contributed by atoms with E-state index in [2.05, 4.69) is 13.8 Å². The van der Waals surface area contributed by atoms with Crippen LogP contribution in [0, 0.1) is 30.5 Å². The molecule has 0 radical (unpaired) electrons. The third kappa shape index (κ3) is 9.56. The molecule has 0 N–H and O–H groups in total. The summed E-state index contributed by atoms with van der Waals surface area (Å²) in [5, 5.41) is 0. The molecule has 270 valence electrons. The highest BCUT2D eigenvalue weighted by atomic mass is 19.1. The highest BCUT2D eigenvalue weighted by Gasteiger charge is 2.34. The minimum absolute atomic E-state index is 0.00472. The molecule has 10 nitrogen and oxygen atoms in total. The fraction of sp³-hybridized carbons (Fsp3) is 0.375. The molecule has 0 unspecified atom stereocenters. The standard InChI is InChI=1S/C40H43FO10/c1-27-15-31(16-28(2)37(27)51-38(42)30-7-11-32(12-8-30)47-24-45-22-39(3)18-43-19-39)29-5-9-33(10-6-29)48-26-49-34-13-14-36(35(41)17-34)50-25-46-23-40(4)20-44-21-40/h5-17H,18-26H2,1-4H3. The van der Waals surface area contributed by atoms with Crippen molar-refractivity contribution in [3.05, 3.63) is 101 Å². The number of hydrogen-bond acceptors (Lipinski definition) is 10. The van der Waals surface area contributed by atoms with E-state index in [1.807, 2.05) is 50.2 Å². The Balaban J connectivity index is 0.949. The van der Waals surface area contributed by atoms with Crippen LogP contribution in [-0.2, 0) is 18.9 Å². The van der Waals surface area contributed by atoms with Gasteiger partial charge in [0, 0.05) is 16.9 Å². The second kappa shape index (κ2) is 16.1. The van der Waals surface area contributed by atoms with Crippen molar-refractivity contribution in [3.63, 3.8) is 0 Å². The number of hydrogen-bond donors (Lipinski definition) is 0. The van der Waals surface area contributed by atoms with Gasteiger partial charge < -0.3 is 42.6 Å². The molecule has 2 fully saturated rings. The minimum Gasteiger partial charge on any atom is -0.468 e. The van der Waals surface area contributed by atoms with Crippen LogP contribution in [0.4, 0.5) is 4.39 Å². The van der Waals surface area contributed by atoms with Gasteiger partial charge in [0.2, 0.25) is 6.79 Å². The maximum absolute atomic E-state index is 14.5. The highest BCUT2D eigenvalue weighted by Crippen LogP contribution is 2.32. The molecule has 2 heterocycles. The molecule has 0 saturated carbocycles. The van der Waals surface area contributed by atoms with Crippen LogP contribution in [0.2, 0.25) is 0 Å². The predicted molar refractivity (Wildman–Crippen MR) is 186 cm³/mol. The van der Waals surface area contributed by atoms with Crippen LogP contribution in [-0.4, -0.2) is 66.0 Å². The van der Waals surface area contributed by atoms with Gasteiger partial charge in [-0.25, -0.2) is 9.18 Å². The summed E-state index contributed by atoms with van der Waals surface area (Å²) in [4.78, 5) is 13.0. The summed E-state index contributed by atoms with van der Waals surface area (Å²) >= 11 is 0. The third-order valence-corrected chi connectivity index (χ3v) is 8.60. The van der Waals surface area contributed by atoms with E-state index in [-0.39, 0.29) is 37.0 Å². The molecule has 4 aromatic carbocycles. The number of carbonyl (C=O) groups excluding carboxylic acids is 1. The van der Waals surface area contributed by atoms with Crippen molar-refractivity contribution in [1.29, 1.82) is 0 Å². The van der Waals surface area contributed by atoms with Crippen molar-refractivity contribution in [2.75, 3.05) is 60.0 Å². The minimum atomic E-state index is -0.559. The highest BCUT2D eigenvalue weighted by molar-refractivity contribution is 5.91. The molecule has 0 atom stereocenters. The van der Waals surface area contributed by atoms with Crippen LogP contribution in [0.3, 0.4) is 0 Å². The lowest BCUT2D eigenvalue weighted by atomic mass is 9.90. The van der Waals surface area contributed by atoms with Crippen LogP contribution in [0.25, 0.3) is 11.1 Å². The summed E-state index contributed by atoms with van der Waals surface area (Å²) in [6.07, 6.45) is 0. The fourth-order valence-corrected chi connectivity index (χ4v) is 5.57. The van der Waals surface area contributed by atoms with Gasteiger partial charge in [-0.1, -0.05) is 26.0 Å². The van der Waals surface area contributed by atoms with Gasteiger partial charge in [-0.3, -0.25) is 0 Å². The molecular weight excluding hydrogens is 659 g/mol. The number of ether oxygens (including phenoxy) is 9. The summed E-state index contributed by atoms with van der Waals surface area (Å²) in [5.74, 6) is 1.07. The first-order valence-corrected chi connectivity index (χ1v) is 16.7. The van der Waals surface area contributed by atoms with E-state index in [9.17, 15) is 9.18 Å². The van der Waals surface area contributed by atoms with Crippen molar-refractivity contribution in [2.45, 2.75) is 27.7 Å². The Morgan fingerprint density at radius 2 is 1.16 bits per heavy atom. The van der Waals surface area contributed by atoms with Gasteiger partial charge in [0.15, 0.2) is 25.2 Å². The number of carbonyl (C=O) groups is 1. The van der Waals surface area contributed by atoms with E-state index in [0.29, 0.717) is 68.2 Å². The van der Waals surface area contributed by atoms with Crippen LogP contribution in [0.15, 0.2) is 78.9 Å². The van der Waals surface area contributed by atoms with Crippen molar-refractivity contribution < 1.29 is 51.8 Å². The third-order valence-electron chi connectivity index (χ3n) is 8.60. The molecule has 2 aliphatic heterocycles. The lowest BCUT2D eigenvalue weighted by Crippen LogP contribution is -2.43. The molecule has 11 heteroatoms. The zero-order valence-corrected chi connectivity index (χ0v) is 29.3. The Morgan fingerprint density at radius 3 is 1.71 bits per heavy atom. The number of esters is 1. The first kappa shape index (κ1) is 36.1. The number of benzene rings is 4. The van der Waals surface area contributed by atoms with E-state index >= 15 is 0 Å². The van der Waals surface area contributed by atoms with Gasteiger partial charge in [0.05, 0.1) is 45.2 Å². The van der Waals surface area contributed by atoms with Gasteiger partial charge in [0.25, 0.3) is 0 Å². The maximum atomic E-state index is 14.5. The molecule has 0 bridgehead atoms. The van der Waals surface area contributed by atoms with Gasteiger partial charge in [0.1, 0.15) is 23.0 Å². The quantitative estimate of drug-likeness (QED) is 0.0475. The summed E-state index contributed by atoms with van der Waals surface area (Å²) in [6, 6.07) is 22.6. The molecule has 0 spiro atoms. The monoisotopic (exact) mass is 702 g/mol. The van der Waals surface area contributed by atoms with Crippen LogP contribution >= 0.6 is 0 Å². The van der Waals surface area contributed by atoms with Crippen molar-refractivity contribution in [2.24, 2.45) is 10.8 Å². The van der Waals surface area contributed by atoms with Crippen molar-refractivity contribution >= 4 is 5.97 Å². The summed E-state index contributed by atoms with van der Waals surface area (Å²) in [5.41, 5.74) is 4.02. The second-order valence-corrected chi connectivity index (χ2v) is 13.7. The van der Waals surface area contributed by atoms with Gasteiger partial charge in [-0.05, 0) is 96.8 Å². The first-order valence-electron chi connectivity index (χ1n) is 16.7. The van der Waals surface area contributed by atoms with Crippen molar-refractivity contribution in [3.8, 4) is 39.9 Å². The predicted octanol–water partition coefficient (Wildman–Crippen LogP) is 7.52. The molecular formula is C40H43FO10. The molecule has 0 aromatic heterocycles. The molecule has 0 aliphatic carbocycles. The van der Waals surface area contributed by atoms with Crippen LogP contribution in [0.5, 0.6) is 28.7 Å². The molecule has 0 amide bonds. The average molecular weight is 703 g/mol. The normalized spacial score (nSPS) is 15.6. The van der Waals surface area contributed by atoms with E-state index in [1.165, 1.54) is 12.1 Å². The lowest BCUT2D eigenvalue weighted by molar-refractivity contribution is -0.151. The summed E-state index contributed by atoms with van der Waals surface area (Å²) < 4.78 is 64.2. The molecule has 6 rings (SSSR count). The SMILES string of the molecule is Cc1cc(-c2ccc(OCOc3ccc(OCOCC4(C)COC4)c(F)c3)cc2)cc(C)c1OC(=O)c1ccc(OCOCC2(C)COC2)cc1. The molecule has 2 aliphatic rings. The summed E-state index contributed by atoms with van der Waals surface area (Å²) in [6.45, 7) is 11.7. The van der Waals surface area contributed by atoms with E-state index in [4.69, 9.17) is 42.6 Å².